The van der Waals surface area contributed by atoms with Crippen LogP contribution in [0.1, 0.15) is 16.7 Å². The molecule has 0 spiro atoms. The monoisotopic (exact) mass is 637 g/mol. The zero-order valence-corrected chi connectivity index (χ0v) is 26.4. The second-order valence-electron chi connectivity index (χ2n) is 12.1. The van der Waals surface area contributed by atoms with Gasteiger partial charge in [0.2, 0.25) is 0 Å². The van der Waals surface area contributed by atoms with Crippen molar-refractivity contribution in [1.29, 1.82) is 15.8 Å². The fourth-order valence-corrected chi connectivity index (χ4v) is 6.93. The van der Waals surface area contributed by atoms with Crippen LogP contribution in [0.4, 0.5) is 0 Å². The average molecular weight is 638 g/mol. The lowest BCUT2D eigenvalue weighted by atomic mass is 10.1. The molecule has 0 aliphatic rings. The Hall–Kier alpha value is -7.53. The van der Waals surface area contributed by atoms with Crippen molar-refractivity contribution in [1.82, 2.24) is 19.1 Å². The topological polar surface area (TPSA) is 107 Å². The average Bonchev–Trinajstić information content (AvgIpc) is 3.70. The van der Waals surface area contributed by atoms with Crippen molar-refractivity contribution >= 4 is 43.6 Å². The maximum atomic E-state index is 9.76. The highest BCUT2D eigenvalue weighted by Gasteiger charge is 2.19. The Morgan fingerprint density at radius 3 is 1.36 bits per heavy atom. The first-order valence-corrected chi connectivity index (χ1v) is 16.0. The quantitative estimate of drug-likeness (QED) is 0.191. The van der Waals surface area contributed by atoms with E-state index in [-0.39, 0.29) is 0 Å². The second-order valence-corrected chi connectivity index (χ2v) is 12.1. The number of fused-ring (bicyclic) bond motifs is 6. The maximum absolute atomic E-state index is 9.76. The lowest BCUT2D eigenvalue weighted by Gasteiger charge is -2.15. The van der Waals surface area contributed by atoms with Gasteiger partial charge in [-0.2, -0.15) is 15.8 Å². The van der Waals surface area contributed by atoms with Gasteiger partial charge in [-0.3, -0.25) is 9.13 Å². The molecule has 0 unspecified atom stereocenters. The number of rotatable bonds is 4. The van der Waals surface area contributed by atoms with Crippen LogP contribution in [0.5, 0.6) is 0 Å². The van der Waals surface area contributed by atoms with E-state index < -0.39 is 0 Å². The molecule has 0 aliphatic carbocycles. The Labute approximate surface area is 286 Å². The number of nitrogens with zero attached hydrogens (tertiary/aromatic N) is 7. The van der Waals surface area contributed by atoms with E-state index in [0.717, 1.165) is 71.9 Å². The summed E-state index contributed by atoms with van der Waals surface area (Å²) >= 11 is 0. The molecule has 0 radical (unpaired) electrons. The maximum Gasteiger partial charge on any atom is 0.140 e. The molecular formula is C43H23N7. The number of para-hydroxylation sites is 2. The van der Waals surface area contributed by atoms with Crippen molar-refractivity contribution in [3.63, 3.8) is 0 Å². The third-order valence-electron chi connectivity index (χ3n) is 9.21. The smallest absolute Gasteiger partial charge is 0.140 e. The van der Waals surface area contributed by atoms with Gasteiger partial charge in [-0.15, -0.1) is 0 Å². The van der Waals surface area contributed by atoms with Crippen LogP contribution >= 0.6 is 0 Å². The Kier molecular flexibility index (Phi) is 6.49. The van der Waals surface area contributed by atoms with Crippen molar-refractivity contribution in [2.24, 2.45) is 0 Å². The van der Waals surface area contributed by atoms with Crippen molar-refractivity contribution in [2.75, 3.05) is 0 Å². The fourth-order valence-electron chi connectivity index (χ4n) is 6.93. The number of aromatic nitrogens is 4. The molecule has 230 valence electrons. The zero-order chi connectivity index (χ0) is 33.8. The molecule has 0 atom stereocenters. The number of benzene rings is 5. The summed E-state index contributed by atoms with van der Waals surface area (Å²) in [6, 6.07) is 52.1. The third kappa shape index (κ3) is 4.49. The van der Waals surface area contributed by atoms with E-state index in [4.69, 9.17) is 9.97 Å². The van der Waals surface area contributed by atoms with Crippen molar-refractivity contribution in [2.45, 2.75) is 0 Å². The van der Waals surface area contributed by atoms with E-state index in [9.17, 15) is 15.8 Å². The van der Waals surface area contributed by atoms with Crippen LogP contribution < -0.4 is 0 Å². The molecule has 4 heterocycles. The summed E-state index contributed by atoms with van der Waals surface area (Å²) in [6.07, 6.45) is 0. The van der Waals surface area contributed by atoms with Crippen LogP contribution in [0, 0.1) is 34.0 Å². The largest absolute Gasteiger partial charge is 0.294 e. The molecule has 0 aliphatic heterocycles. The number of hydrogen-bond donors (Lipinski definition) is 0. The number of hydrogen-bond acceptors (Lipinski definition) is 5. The standard InChI is InChI=1S/C43H23N7/c44-24-27-12-16-30(17-13-27)36-8-5-9-37(47-36)31-22-42(49-38-10-3-1-6-32(38)33-7-2-4-11-39(33)49)48-43(23-31)50-40-18-14-28(25-45)20-34(40)35-21-29(26-46)15-19-41(35)50/h1-23H. The normalized spacial score (nSPS) is 11.1. The van der Waals surface area contributed by atoms with Gasteiger partial charge in [-0.25, -0.2) is 9.97 Å². The van der Waals surface area contributed by atoms with Gasteiger partial charge in [0.05, 0.1) is 68.4 Å². The van der Waals surface area contributed by atoms with E-state index >= 15 is 0 Å². The zero-order valence-electron chi connectivity index (χ0n) is 26.4. The highest BCUT2D eigenvalue weighted by atomic mass is 15.1. The Balaban J connectivity index is 1.36. The van der Waals surface area contributed by atoms with Crippen molar-refractivity contribution in [3.8, 4) is 52.4 Å². The van der Waals surface area contributed by atoms with Crippen LogP contribution in [0.15, 0.2) is 140 Å². The Morgan fingerprint density at radius 1 is 0.380 bits per heavy atom. The van der Waals surface area contributed by atoms with Crippen molar-refractivity contribution in [3.05, 3.63) is 156 Å². The highest BCUT2D eigenvalue weighted by molar-refractivity contribution is 6.11. The molecule has 7 heteroatoms. The fraction of sp³-hybridized carbons (Fsp3) is 0. The van der Waals surface area contributed by atoms with E-state index in [0.29, 0.717) is 22.5 Å². The molecule has 4 aromatic heterocycles. The lowest BCUT2D eigenvalue weighted by Crippen LogP contribution is -2.05. The molecule has 0 fully saturated rings. The van der Waals surface area contributed by atoms with Gasteiger partial charge >= 0.3 is 0 Å². The highest BCUT2D eigenvalue weighted by Crippen LogP contribution is 2.37. The molecule has 0 bridgehead atoms. The molecular weight excluding hydrogens is 615 g/mol. The van der Waals surface area contributed by atoms with E-state index in [2.05, 4.69) is 69.8 Å². The summed E-state index contributed by atoms with van der Waals surface area (Å²) in [5, 5.41) is 32.8. The number of pyridine rings is 2. The van der Waals surface area contributed by atoms with Crippen LogP contribution in [0.25, 0.3) is 77.8 Å². The molecule has 0 saturated heterocycles. The SMILES string of the molecule is N#Cc1ccc(-c2cccc(-c3cc(-n4c5ccccc5c5ccccc54)nc(-n4c5ccc(C#N)cc5c5cc(C#N)ccc54)c3)n2)cc1. The minimum atomic E-state index is 0.537. The van der Waals surface area contributed by atoms with Crippen LogP contribution in [0.3, 0.4) is 0 Å². The summed E-state index contributed by atoms with van der Waals surface area (Å²) in [6.45, 7) is 0. The Bertz CT molecular complexity index is 2840. The molecule has 9 rings (SSSR count). The summed E-state index contributed by atoms with van der Waals surface area (Å²) in [5.41, 5.74) is 8.78. The molecule has 5 aromatic carbocycles. The Morgan fingerprint density at radius 2 is 0.840 bits per heavy atom. The van der Waals surface area contributed by atoms with Gasteiger partial charge in [0.1, 0.15) is 11.6 Å². The molecule has 7 nitrogen and oxygen atoms in total. The first-order valence-electron chi connectivity index (χ1n) is 16.0. The minimum Gasteiger partial charge on any atom is -0.294 e. The number of nitriles is 3. The predicted molar refractivity (Wildman–Crippen MR) is 196 cm³/mol. The summed E-state index contributed by atoms with van der Waals surface area (Å²) < 4.78 is 4.29. The van der Waals surface area contributed by atoms with Gasteiger partial charge in [0.15, 0.2) is 0 Å². The van der Waals surface area contributed by atoms with Gasteiger partial charge in [-0.05, 0) is 84.9 Å². The van der Waals surface area contributed by atoms with E-state index in [1.165, 1.54) is 0 Å². The molecule has 0 amide bonds. The van der Waals surface area contributed by atoms with Crippen LogP contribution in [-0.2, 0) is 0 Å². The second kappa shape index (κ2) is 11.3. The van der Waals surface area contributed by atoms with Gasteiger partial charge in [-0.1, -0.05) is 54.6 Å². The van der Waals surface area contributed by atoms with E-state index in [1.807, 2.05) is 84.9 Å². The molecule has 50 heavy (non-hydrogen) atoms. The van der Waals surface area contributed by atoms with Crippen LogP contribution in [0.2, 0.25) is 0 Å². The van der Waals surface area contributed by atoms with Gasteiger partial charge < -0.3 is 0 Å². The van der Waals surface area contributed by atoms with E-state index in [1.54, 1.807) is 12.1 Å². The van der Waals surface area contributed by atoms with Gasteiger partial charge in [0, 0.05) is 32.7 Å². The molecule has 0 N–H and O–H groups in total. The lowest BCUT2D eigenvalue weighted by molar-refractivity contribution is 1.01. The summed E-state index contributed by atoms with van der Waals surface area (Å²) in [5.74, 6) is 1.39. The minimum absolute atomic E-state index is 0.537. The summed E-state index contributed by atoms with van der Waals surface area (Å²) in [4.78, 5) is 10.5. The predicted octanol–water partition coefficient (Wildman–Crippen LogP) is 9.62. The third-order valence-corrected chi connectivity index (χ3v) is 9.21. The molecule has 9 aromatic rings. The van der Waals surface area contributed by atoms with Crippen LogP contribution in [-0.4, -0.2) is 19.1 Å². The summed E-state index contributed by atoms with van der Waals surface area (Å²) in [7, 11) is 0. The first kappa shape index (κ1) is 28.7. The molecule has 0 saturated carbocycles. The van der Waals surface area contributed by atoms with Crippen molar-refractivity contribution < 1.29 is 0 Å². The first-order chi connectivity index (χ1) is 24.6. The van der Waals surface area contributed by atoms with Gasteiger partial charge in [0.25, 0.3) is 0 Å².